The molecule has 0 fully saturated rings. The molecular formula is C42H51N5O8S. The monoisotopic (exact) mass is 785 g/mol. The van der Waals surface area contributed by atoms with Gasteiger partial charge in [-0.15, -0.1) is 11.3 Å². The van der Waals surface area contributed by atoms with Crippen molar-refractivity contribution in [3.05, 3.63) is 88.4 Å². The summed E-state index contributed by atoms with van der Waals surface area (Å²) in [7, 11) is 0. The Morgan fingerprint density at radius 2 is 1.39 bits per heavy atom. The largest absolute Gasteiger partial charge is 0.494 e. The minimum absolute atomic E-state index is 0.0116. The number of rotatable bonds is 20. The quantitative estimate of drug-likeness (QED) is 0.0625. The topological polar surface area (TPSA) is 197 Å². The number of hydrogen-bond acceptors (Lipinski definition) is 9. The van der Waals surface area contributed by atoms with Gasteiger partial charge in [-0.1, -0.05) is 89.8 Å². The van der Waals surface area contributed by atoms with Crippen molar-refractivity contribution in [3.8, 4) is 28.3 Å². The first-order valence-corrected chi connectivity index (χ1v) is 19.6. The van der Waals surface area contributed by atoms with E-state index in [-0.39, 0.29) is 11.8 Å². The summed E-state index contributed by atoms with van der Waals surface area (Å²) in [4.78, 5) is 73.1. The van der Waals surface area contributed by atoms with Gasteiger partial charge in [0.25, 0.3) is 5.91 Å². The summed E-state index contributed by atoms with van der Waals surface area (Å²) in [5.74, 6) is -3.72. The molecule has 0 saturated heterocycles. The van der Waals surface area contributed by atoms with Crippen LogP contribution >= 0.6 is 11.3 Å². The first-order valence-electron chi connectivity index (χ1n) is 18.8. The van der Waals surface area contributed by atoms with Crippen molar-refractivity contribution in [2.24, 2.45) is 0 Å². The summed E-state index contributed by atoms with van der Waals surface area (Å²) < 4.78 is 5.88. The molecule has 14 heteroatoms. The number of carboxylic acids is 2. The molecule has 2 heterocycles. The van der Waals surface area contributed by atoms with E-state index in [2.05, 4.69) is 32.8 Å². The number of hydrogen-bond donors (Lipinski definition) is 5. The molecule has 2 aromatic carbocycles. The molecule has 1 unspecified atom stereocenters. The number of aromatic nitrogens is 2. The molecule has 3 amide bonds. The number of ether oxygens (including phenoxy) is 1. The Morgan fingerprint density at radius 1 is 0.750 bits per heavy atom. The number of nitrogens with zero attached hydrogens (tertiary/aromatic N) is 2. The zero-order valence-corrected chi connectivity index (χ0v) is 33.3. The molecule has 2 aromatic heterocycles. The van der Waals surface area contributed by atoms with Crippen LogP contribution in [-0.2, 0) is 31.0 Å². The van der Waals surface area contributed by atoms with Crippen molar-refractivity contribution in [1.82, 2.24) is 25.9 Å². The van der Waals surface area contributed by atoms with Gasteiger partial charge in [0.15, 0.2) is 5.82 Å². The van der Waals surface area contributed by atoms with Crippen LogP contribution in [0.3, 0.4) is 0 Å². The van der Waals surface area contributed by atoms with Crippen LogP contribution in [0.2, 0.25) is 0 Å². The zero-order valence-electron chi connectivity index (χ0n) is 32.5. The van der Waals surface area contributed by atoms with Gasteiger partial charge >= 0.3 is 11.9 Å². The highest BCUT2D eigenvalue weighted by Crippen LogP contribution is 2.30. The minimum atomic E-state index is -1.68. The summed E-state index contributed by atoms with van der Waals surface area (Å²) in [5, 5.41) is 26.2. The SMILES string of the molecule is CCCCCCCOc1ccc(-c2cnc(-c3ccc(C[C@H](NC(=O)c4ccc(C(C)(C)C)s4)C(=O)NC(CC(=O)N[C@@H](C)C(=O)O)C(=O)O)cc3)nc2)cc1. The lowest BCUT2D eigenvalue weighted by Gasteiger charge is -2.22. The lowest BCUT2D eigenvalue weighted by molar-refractivity contribution is -0.144. The van der Waals surface area contributed by atoms with Crippen LogP contribution in [-0.4, -0.2) is 74.6 Å². The summed E-state index contributed by atoms with van der Waals surface area (Å²) in [6.07, 6.45) is 8.65. The fraction of sp³-hybridized carbons (Fsp3) is 0.405. The highest BCUT2D eigenvalue weighted by molar-refractivity contribution is 7.14. The molecule has 3 atom stereocenters. The third-order valence-electron chi connectivity index (χ3n) is 8.95. The summed E-state index contributed by atoms with van der Waals surface area (Å²) in [6.45, 7) is 10.2. The molecule has 4 aromatic rings. The molecule has 0 radical (unpaired) electrons. The number of carboxylic acid groups (broad SMARTS) is 2. The van der Waals surface area contributed by atoms with Crippen LogP contribution in [0.1, 0.15) is 93.3 Å². The fourth-order valence-corrected chi connectivity index (χ4v) is 6.58. The van der Waals surface area contributed by atoms with Crippen molar-refractivity contribution >= 4 is 41.0 Å². The number of carbonyl (C=O) groups excluding carboxylic acids is 3. The van der Waals surface area contributed by atoms with Crippen molar-refractivity contribution in [2.75, 3.05) is 6.61 Å². The van der Waals surface area contributed by atoms with Gasteiger partial charge < -0.3 is 30.9 Å². The highest BCUT2D eigenvalue weighted by atomic mass is 32.1. The number of nitrogens with one attached hydrogen (secondary N) is 3. The molecule has 4 rings (SSSR count). The lowest BCUT2D eigenvalue weighted by Crippen LogP contribution is -2.53. The standard InChI is InChI=1S/C42H51N5O8S/c1-6-7-8-9-10-21-55-31-17-15-28(16-18-31)30-24-43-37(44-25-30)29-13-11-27(12-14-29)22-32(46-39(50)34-19-20-35(56-34)42(3,4)5)38(49)47-33(41(53)54)23-36(48)45-26(2)40(51)52/h11-20,24-26,32-33H,6-10,21-23H2,1-5H3,(H,45,48)(H,46,50)(H,47,49)(H,51,52)(H,53,54)/t26-,32-,33?/m0/s1. The third kappa shape index (κ3) is 13.0. The maximum Gasteiger partial charge on any atom is 0.326 e. The Bertz CT molecular complexity index is 1940. The third-order valence-corrected chi connectivity index (χ3v) is 10.5. The van der Waals surface area contributed by atoms with Gasteiger partial charge in [0.05, 0.1) is 17.9 Å². The molecule has 298 valence electrons. The molecule has 0 aliphatic carbocycles. The van der Waals surface area contributed by atoms with E-state index >= 15 is 0 Å². The molecule has 0 bridgehead atoms. The Morgan fingerprint density at radius 3 is 1.98 bits per heavy atom. The number of unbranched alkanes of at least 4 members (excludes halogenated alkanes) is 4. The maximum atomic E-state index is 13.6. The predicted molar refractivity (Wildman–Crippen MR) is 215 cm³/mol. The lowest BCUT2D eigenvalue weighted by atomic mass is 9.95. The smallest absolute Gasteiger partial charge is 0.326 e. The van der Waals surface area contributed by atoms with Crippen molar-refractivity contribution in [2.45, 2.75) is 103 Å². The van der Waals surface area contributed by atoms with Crippen LogP contribution in [0.15, 0.2) is 73.1 Å². The van der Waals surface area contributed by atoms with Crippen molar-refractivity contribution < 1.29 is 38.9 Å². The van der Waals surface area contributed by atoms with E-state index in [0.717, 1.165) is 28.2 Å². The van der Waals surface area contributed by atoms with E-state index in [0.29, 0.717) is 28.4 Å². The van der Waals surface area contributed by atoms with Gasteiger partial charge in [0, 0.05) is 34.8 Å². The van der Waals surface area contributed by atoms with E-state index in [1.54, 1.807) is 42.7 Å². The number of amides is 3. The van der Waals surface area contributed by atoms with E-state index in [9.17, 15) is 29.1 Å². The van der Waals surface area contributed by atoms with Crippen LogP contribution < -0.4 is 20.7 Å². The number of aliphatic carboxylic acids is 2. The van der Waals surface area contributed by atoms with Crippen molar-refractivity contribution in [3.63, 3.8) is 0 Å². The molecule has 13 nitrogen and oxygen atoms in total. The fourth-order valence-electron chi connectivity index (χ4n) is 5.61. The molecule has 0 spiro atoms. The van der Waals surface area contributed by atoms with Crippen molar-refractivity contribution in [1.29, 1.82) is 0 Å². The van der Waals surface area contributed by atoms with Gasteiger partial charge in [0.1, 0.15) is 23.9 Å². The van der Waals surface area contributed by atoms with Crippen LogP contribution in [0, 0.1) is 0 Å². The first kappa shape index (κ1) is 43.1. The van der Waals surface area contributed by atoms with Crippen LogP contribution in [0.5, 0.6) is 5.75 Å². The average Bonchev–Trinajstić information content (AvgIpc) is 3.68. The van der Waals surface area contributed by atoms with E-state index in [1.165, 1.54) is 43.9 Å². The number of carbonyl (C=O) groups is 5. The van der Waals surface area contributed by atoms with Gasteiger partial charge in [-0.05, 0) is 54.2 Å². The molecule has 56 heavy (non-hydrogen) atoms. The minimum Gasteiger partial charge on any atom is -0.494 e. The predicted octanol–water partition coefficient (Wildman–Crippen LogP) is 6.41. The van der Waals surface area contributed by atoms with Gasteiger partial charge in [-0.2, -0.15) is 0 Å². The van der Waals surface area contributed by atoms with E-state index in [1.807, 2.05) is 51.1 Å². The van der Waals surface area contributed by atoms with Gasteiger partial charge in [0.2, 0.25) is 11.8 Å². The van der Waals surface area contributed by atoms with Gasteiger partial charge in [-0.3, -0.25) is 19.2 Å². The molecule has 0 saturated carbocycles. The zero-order chi connectivity index (χ0) is 40.8. The second-order valence-electron chi connectivity index (χ2n) is 14.7. The van der Waals surface area contributed by atoms with Crippen LogP contribution in [0.4, 0.5) is 0 Å². The first-order chi connectivity index (χ1) is 26.6. The normalized spacial score (nSPS) is 12.9. The number of thiophene rings is 1. The second-order valence-corrected chi connectivity index (χ2v) is 15.7. The number of benzene rings is 2. The summed E-state index contributed by atoms with van der Waals surface area (Å²) >= 11 is 1.29. The Balaban J connectivity index is 1.45. The maximum absolute atomic E-state index is 13.6. The van der Waals surface area contributed by atoms with Crippen LogP contribution in [0.25, 0.3) is 22.5 Å². The Labute approximate surface area is 331 Å². The molecular weight excluding hydrogens is 735 g/mol. The Hall–Kier alpha value is -5.63. The summed E-state index contributed by atoms with van der Waals surface area (Å²) in [5.41, 5.74) is 2.96. The van der Waals surface area contributed by atoms with Gasteiger partial charge in [-0.25, -0.2) is 14.8 Å². The molecule has 0 aliphatic rings. The Kier molecular flexibility index (Phi) is 15.7. The highest BCUT2D eigenvalue weighted by Gasteiger charge is 2.30. The summed E-state index contributed by atoms with van der Waals surface area (Å²) in [6, 6.07) is 14.3. The molecule has 0 aliphatic heterocycles. The average molecular weight is 786 g/mol. The second kappa shape index (κ2) is 20.3. The van der Waals surface area contributed by atoms with E-state index in [4.69, 9.17) is 9.84 Å². The molecule has 5 N–H and O–H groups in total. The van der Waals surface area contributed by atoms with E-state index < -0.39 is 54.2 Å².